The van der Waals surface area contributed by atoms with Gasteiger partial charge in [-0.3, -0.25) is 0 Å². The number of hydrogen-bond acceptors (Lipinski definition) is 3. The Bertz CT molecular complexity index is 240. The first-order chi connectivity index (χ1) is 7.68. The minimum absolute atomic E-state index is 0.0226. The predicted octanol–water partition coefficient (Wildman–Crippen LogP) is 2.85. The molecule has 1 rings (SSSR count). The molecule has 0 aromatic rings. The van der Waals surface area contributed by atoms with Crippen molar-refractivity contribution in [1.29, 1.82) is 0 Å². The summed E-state index contributed by atoms with van der Waals surface area (Å²) in [5.74, 6) is 0.240. The molecule has 1 saturated heterocycles. The van der Waals surface area contributed by atoms with Gasteiger partial charge in [-0.25, -0.2) is 0 Å². The second-order valence-electron chi connectivity index (χ2n) is 4.38. The molecule has 3 nitrogen and oxygen atoms in total. The van der Waals surface area contributed by atoms with Crippen molar-refractivity contribution in [1.82, 2.24) is 0 Å². The maximum atomic E-state index is 10.8. The number of allylic oxidation sites excluding steroid dienone is 1. The van der Waals surface area contributed by atoms with E-state index in [0.717, 1.165) is 25.9 Å². The lowest BCUT2D eigenvalue weighted by atomic mass is 10.1. The Labute approximate surface area is 97.8 Å². The van der Waals surface area contributed by atoms with Gasteiger partial charge in [-0.15, -0.1) is 0 Å². The second kappa shape index (κ2) is 7.58. The standard InChI is InChI=1S/C13H22O3/c1-11(6-7-12(2)14)8-10-16-13-5-3-4-9-15-13/h8,13H,3-7,9-10H2,1-2H3/b11-8+. The number of rotatable bonds is 6. The van der Waals surface area contributed by atoms with E-state index in [4.69, 9.17) is 9.47 Å². The lowest BCUT2D eigenvalue weighted by Crippen LogP contribution is -2.22. The number of ether oxygens (including phenoxy) is 2. The molecule has 0 radical (unpaired) electrons. The summed E-state index contributed by atoms with van der Waals surface area (Å²) >= 11 is 0. The van der Waals surface area contributed by atoms with Crippen molar-refractivity contribution < 1.29 is 14.3 Å². The van der Waals surface area contributed by atoms with Crippen LogP contribution < -0.4 is 0 Å². The summed E-state index contributed by atoms with van der Waals surface area (Å²) < 4.78 is 11.0. The van der Waals surface area contributed by atoms with Crippen LogP contribution in [0.3, 0.4) is 0 Å². The fraction of sp³-hybridized carbons (Fsp3) is 0.769. The summed E-state index contributed by atoms with van der Waals surface area (Å²) in [7, 11) is 0. The molecule has 0 aromatic carbocycles. The van der Waals surface area contributed by atoms with E-state index in [1.165, 1.54) is 12.0 Å². The van der Waals surface area contributed by atoms with Crippen LogP contribution in [0.5, 0.6) is 0 Å². The molecule has 0 aromatic heterocycles. The quantitative estimate of drug-likeness (QED) is 0.653. The van der Waals surface area contributed by atoms with Crippen LogP contribution in [0.15, 0.2) is 11.6 Å². The van der Waals surface area contributed by atoms with Crippen molar-refractivity contribution >= 4 is 5.78 Å². The maximum absolute atomic E-state index is 10.8. The van der Waals surface area contributed by atoms with Gasteiger partial charge in [0.25, 0.3) is 0 Å². The highest BCUT2D eigenvalue weighted by Crippen LogP contribution is 2.14. The van der Waals surface area contributed by atoms with Gasteiger partial charge in [0.2, 0.25) is 0 Å². The third-order valence-corrected chi connectivity index (χ3v) is 2.72. The van der Waals surface area contributed by atoms with Crippen LogP contribution in [0, 0.1) is 0 Å². The summed E-state index contributed by atoms with van der Waals surface area (Å²) in [5, 5.41) is 0. The van der Waals surface area contributed by atoms with Crippen molar-refractivity contribution in [2.45, 2.75) is 52.2 Å². The molecule has 3 heteroatoms. The Hall–Kier alpha value is -0.670. The van der Waals surface area contributed by atoms with Crippen molar-refractivity contribution in [3.05, 3.63) is 11.6 Å². The van der Waals surface area contributed by atoms with Crippen LogP contribution in [0.2, 0.25) is 0 Å². The summed E-state index contributed by atoms with van der Waals surface area (Å²) in [6.45, 7) is 5.07. The second-order valence-corrected chi connectivity index (χ2v) is 4.38. The molecule has 0 saturated carbocycles. The largest absolute Gasteiger partial charge is 0.353 e. The van der Waals surface area contributed by atoms with E-state index in [1.54, 1.807) is 6.92 Å². The van der Waals surface area contributed by atoms with E-state index >= 15 is 0 Å². The highest BCUT2D eigenvalue weighted by atomic mass is 16.7. The smallest absolute Gasteiger partial charge is 0.157 e. The molecule has 92 valence electrons. The highest BCUT2D eigenvalue weighted by molar-refractivity contribution is 5.75. The summed E-state index contributed by atoms with van der Waals surface area (Å²) in [6, 6.07) is 0. The molecule has 0 N–H and O–H groups in total. The van der Waals surface area contributed by atoms with Crippen LogP contribution in [0.4, 0.5) is 0 Å². The molecule has 0 bridgehead atoms. The molecular formula is C13H22O3. The fourth-order valence-corrected chi connectivity index (χ4v) is 1.62. The Morgan fingerprint density at radius 2 is 2.19 bits per heavy atom. The SMILES string of the molecule is CC(=O)CC/C(C)=C/COC1CCCCO1. The van der Waals surface area contributed by atoms with Gasteiger partial charge in [0.15, 0.2) is 6.29 Å². The van der Waals surface area contributed by atoms with E-state index in [1.807, 2.05) is 13.0 Å². The van der Waals surface area contributed by atoms with Gasteiger partial charge >= 0.3 is 0 Å². The summed E-state index contributed by atoms with van der Waals surface area (Å²) in [6.07, 6.45) is 6.82. The highest BCUT2D eigenvalue weighted by Gasteiger charge is 2.12. The molecule has 0 amide bonds. The first-order valence-corrected chi connectivity index (χ1v) is 6.07. The van der Waals surface area contributed by atoms with Crippen LogP contribution in [0.1, 0.15) is 46.0 Å². The van der Waals surface area contributed by atoms with Crippen LogP contribution in [-0.4, -0.2) is 25.3 Å². The zero-order valence-electron chi connectivity index (χ0n) is 10.3. The molecule has 1 aliphatic rings. The molecule has 16 heavy (non-hydrogen) atoms. The normalized spacial score (nSPS) is 22.1. The van der Waals surface area contributed by atoms with Crippen molar-refractivity contribution in [3.8, 4) is 0 Å². The summed E-state index contributed by atoms with van der Waals surface area (Å²) in [4.78, 5) is 10.8. The fourth-order valence-electron chi connectivity index (χ4n) is 1.62. The minimum Gasteiger partial charge on any atom is -0.353 e. The molecule has 1 heterocycles. The average Bonchev–Trinajstić information content (AvgIpc) is 2.28. The van der Waals surface area contributed by atoms with Gasteiger partial charge in [-0.1, -0.05) is 11.6 Å². The molecule has 0 aliphatic carbocycles. The number of carbonyl (C=O) groups is 1. The Balaban J connectivity index is 2.11. The Kier molecular flexibility index (Phi) is 6.34. The molecule has 1 fully saturated rings. The van der Waals surface area contributed by atoms with Crippen molar-refractivity contribution in [2.75, 3.05) is 13.2 Å². The lowest BCUT2D eigenvalue weighted by molar-refractivity contribution is -0.155. The minimum atomic E-state index is -0.0226. The van der Waals surface area contributed by atoms with E-state index in [9.17, 15) is 4.79 Å². The van der Waals surface area contributed by atoms with Gasteiger partial charge < -0.3 is 14.3 Å². The zero-order chi connectivity index (χ0) is 11.8. The van der Waals surface area contributed by atoms with Crippen molar-refractivity contribution in [2.24, 2.45) is 0 Å². The monoisotopic (exact) mass is 226 g/mol. The molecule has 1 aliphatic heterocycles. The predicted molar refractivity (Wildman–Crippen MR) is 63.2 cm³/mol. The van der Waals surface area contributed by atoms with E-state index < -0.39 is 0 Å². The van der Waals surface area contributed by atoms with Crippen LogP contribution >= 0.6 is 0 Å². The van der Waals surface area contributed by atoms with Gasteiger partial charge in [0.05, 0.1) is 6.61 Å². The zero-order valence-corrected chi connectivity index (χ0v) is 10.3. The maximum Gasteiger partial charge on any atom is 0.157 e. The van der Waals surface area contributed by atoms with E-state index in [-0.39, 0.29) is 12.1 Å². The number of ketones is 1. The topological polar surface area (TPSA) is 35.5 Å². The first kappa shape index (κ1) is 13.4. The van der Waals surface area contributed by atoms with Crippen molar-refractivity contribution in [3.63, 3.8) is 0 Å². The van der Waals surface area contributed by atoms with E-state index in [2.05, 4.69) is 0 Å². The number of carbonyl (C=O) groups excluding carboxylic acids is 1. The molecule has 1 unspecified atom stereocenters. The van der Waals surface area contributed by atoms with Gasteiger partial charge in [0, 0.05) is 13.0 Å². The van der Waals surface area contributed by atoms with Crippen LogP contribution in [-0.2, 0) is 14.3 Å². The first-order valence-electron chi connectivity index (χ1n) is 6.07. The van der Waals surface area contributed by atoms with Gasteiger partial charge in [-0.2, -0.15) is 0 Å². The summed E-state index contributed by atoms with van der Waals surface area (Å²) in [5.41, 5.74) is 1.21. The Morgan fingerprint density at radius 3 is 2.81 bits per heavy atom. The third kappa shape index (κ3) is 6.03. The molecular weight excluding hydrogens is 204 g/mol. The number of Topliss-reactive ketones (excluding diaryl/α,β-unsaturated/α-hetero) is 1. The third-order valence-electron chi connectivity index (χ3n) is 2.72. The van der Waals surface area contributed by atoms with Crippen LogP contribution in [0.25, 0.3) is 0 Å². The lowest BCUT2D eigenvalue weighted by Gasteiger charge is -2.22. The molecule has 1 atom stereocenters. The Morgan fingerprint density at radius 1 is 1.38 bits per heavy atom. The van der Waals surface area contributed by atoms with Gasteiger partial charge in [-0.05, 0) is 39.5 Å². The van der Waals surface area contributed by atoms with Gasteiger partial charge in [0.1, 0.15) is 5.78 Å². The average molecular weight is 226 g/mol. The van der Waals surface area contributed by atoms with E-state index in [0.29, 0.717) is 13.0 Å². The molecule has 0 spiro atoms. The number of hydrogen-bond donors (Lipinski definition) is 0.